The highest BCUT2D eigenvalue weighted by Gasteiger charge is 2.10. The van der Waals surface area contributed by atoms with Crippen LogP contribution in [0.3, 0.4) is 0 Å². The number of rotatable bonds is 2. The lowest BCUT2D eigenvalue weighted by Crippen LogP contribution is -1.83. The van der Waals surface area contributed by atoms with Crippen LogP contribution in [0.2, 0.25) is 0 Å². The summed E-state index contributed by atoms with van der Waals surface area (Å²) in [6, 6.07) is 2.04. The predicted molar refractivity (Wildman–Crippen MR) is 53.6 cm³/mol. The second kappa shape index (κ2) is 3.24. The van der Waals surface area contributed by atoms with E-state index >= 15 is 0 Å². The number of nitrogen functional groups attached to an aromatic ring is 1. The molecule has 0 amide bonds. The highest BCUT2D eigenvalue weighted by molar-refractivity contribution is 7.17. The van der Waals surface area contributed by atoms with E-state index in [2.05, 4.69) is 13.2 Å². The minimum absolute atomic E-state index is 0.505. The molecule has 0 aliphatic rings. The normalized spacial score (nSPS) is 8.92. The van der Waals surface area contributed by atoms with Gasteiger partial charge in [-0.2, -0.15) is 5.26 Å². The average molecular weight is 176 g/mol. The molecule has 0 fully saturated rings. The lowest BCUT2D eigenvalue weighted by molar-refractivity contribution is 1.50. The van der Waals surface area contributed by atoms with Crippen LogP contribution in [-0.4, -0.2) is 0 Å². The maximum absolute atomic E-state index is 8.73. The Bertz CT molecular complexity index is 369. The minimum Gasteiger partial charge on any atom is -0.389 e. The third kappa shape index (κ3) is 1.13. The van der Waals surface area contributed by atoms with Crippen LogP contribution in [0.1, 0.15) is 16.0 Å². The van der Waals surface area contributed by atoms with Gasteiger partial charge in [0.2, 0.25) is 0 Å². The molecular weight excluding hydrogens is 168 g/mol. The summed E-state index contributed by atoms with van der Waals surface area (Å²) in [6.45, 7) is 7.24. The quantitative estimate of drug-likeness (QED) is 0.752. The van der Waals surface area contributed by atoms with E-state index in [9.17, 15) is 0 Å². The first-order valence-corrected chi connectivity index (χ1v) is 4.13. The van der Waals surface area contributed by atoms with Gasteiger partial charge in [0.25, 0.3) is 0 Å². The number of anilines is 1. The highest BCUT2D eigenvalue weighted by atomic mass is 32.1. The van der Waals surface area contributed by atoms with E-state index in [0.29, 0.717) is 10.6 Å². The van der Waals surface area contributed by atoms with Gasteiger partial charge in [-0.25, -0.2) is 0 Å². The van der Waals surface area contributed by atoms with Gasteiger partial charge < -0.3 is 5.73 Å². The lowest BCUT2D eigenvalue weighted by Gasteiger charge is -1.89. The van der Waals surface area contributed by atoms with Crippen molar-refractivity contribution in [1.29, 1.82) is 5.26 Å². The molecule has 0 spiro atoms. The van der Waals surface area contributed by atoms with Crippen molar-refractivity contribution < 1.29 is 0 Å². The Kier molecular flexibility index (Phi) is 2.32. The van der Waals surface area contributed by atoms with Crippen molar-refractivity contribution in [2.24, 2.45) is 0 Å². The molecule has 0 unspecified atom stereocenters. The van der Waals surface area contributed by atoms with Gasteiger partial charge in [-0.15, -0.1) is 11.3 Å². The van der Waals surface area contributed by atoms with Crippen LogP contribution in [0, 0.1) is 11.3 Å². The third-order valence-corrected chi connectivity index (χ3v) is 2.53. The Morgan fingerprint density at radius 3 is 2.50 bits per heavy atom. The van der Waals surface area contributed by atoms with Crippen LogP contribution in [0.25, 0.3) is 12.2 Å². The molecule has 1 heterocycles. The van der Waals surface area contributed by atoms with E-state index in [1.807, 2.05) is 6.07 Å². The molecule has 0 radical (unpaired) electrons. The van der Waals surface area contributed by atoms with Gasteiger partial charge in [0.05, 0.1) is 5.56 Å². The lowest BCUT2D eigenvalue weighted by atomic mass is 10.1. The van der Waals surface area contributed by atoms with Crippen molar-refractivity contribution in [2.75, 3.05) is 5.73 Å². The molecule has 12 heavy (non-hydrogen) atoms. The van der Waals surface area contributed by atoms with Gasteiger partial charge >= 0.3 is 0 Å². The molecule has 0 bridgehead atoms. The van der Waals surface area contributed by atoms with Gasteiger partial charge in [-0.1, -0.05) is 25.3 Å². The van der Waals surface area contributed by atoms with Crippen molar-refractivity contribution >= 4 is 28.5 Å². The monoisotopic (exact) mass is 176 g/mol. The third-order valence-electron chi connectivity index (χ3n) is 1.50. The molecule has 1 aromatic rings. The van der Waals surface area contributed by atoms with Crippen LogP contribution in [0.4, 0.5) is 5.00 Å². The van der Waals surface area contributed by atoms with Crippen molar-refractivity contribution in [3.63, 3.8) is 0 Å². The summed E-state index contributed by atoms with van der Waals surface area (Å²) in [7, 11) is 0. The molecule has 60 valence electrons. The summed E-state index contributed by atoms with van der Waals surface area (Å²) in [5.41, 5.74) is 6.90. The van der Waals surface area contributed by atoms with E-state index in [1.54, 1.807) is 12.2 Å². The Hall–Kier alpha value is -1.53. The predicted octanol–water partition coefficient (Wildman–Crippen LogP) is 2.49. The van der Waals surface area contributed by atoms with Crippen LogP contribution in [0.15, 0.2) is 13.2 Å². The highest BCUT2D eigenvalue weighted by Crippen LogP contribution is 2.31. The molecule has 0 aromatic carbocycles. The zero-order valence-corrected chi connectivity index (χ0v) is 7.32. The Balaban J connectivity index is 3.47. The van der Waals surface area contributed by atoms with Crippen molar-refractivity contribution in [1.82, 2.24) is 0 Å². The van der Waals surface area contributed by atoms with Crippen molar-refractivity contribution in [2.45, 2.75) is 0 Å². The summed E-state index contributed by atoms with van der Waals surface area (Å²) in [5, 5.41) is 9.26. The van der Waals surface area contributed by atoms with Crippen molar-refractivity contribution in [3.8, 4) is 6.07 Å². The van der Waals surface area contributed by atoms with Gasteiger partial charge in [-0.3, -0.25) is 0 Å². The smallest absolute Gasteiger partial charge is 0.105 e. The van der Waals surface area contributed by atoms with Gasteiger partial charge in [0.1, 0.15) is 11.1 Å². The van der Waals surface area contributed by atoms with E-state index in [-0.39, 0.29) is 0 Å². The molecule has 2 nitrogen and oxygen atoms in total. The maximum atomic E-state index is 8.73. The number of hydrogen-bond acceptors (Lipinski definition) is 3. The summed E-state index contributed by atoms with van der Waals surface area (Å²) < 4.78 is 0. The number of nitriles is 1. The fraction of sp³-hybridized carbons (Fsp3) is 0. The van der Waals surface area contributed by atoms with Crippen LogP contribution >= 0.6 is 11.3 Å². The first-order valence-electron chi connectivity index (χ1n) is 3.31. The second-order valence-electron chi connectivity index (χ2n) is 2.14. The zero-order chi connectivity index (χ0) is 9.14. The standard InChI is InChI=1S/C9H8N2S/c1-3-6-7(5-10)9(11)12-8(6)4-2/h3-4H,1-2,11H2. The fourth-order valence-corrected chi connectivity index (χ4v) is 1.82. The summed E-state index contributed by atoms with van der Waals surface area (Å²) in [5.74, 6) is 0. The molecule has 0 saturated carbocycles. The molecular formula is C9H8N2S. The number of hydrogen-bond donors (Lipinski definition) is 1. The summed E-state index contributed by atoms with van der Waals surface area (Å²) >= 11 is 1.36. The van der Waals surface area contributed by atoms with Gasteiger partial charge in [0, 0.05) is 10.4 Å². The van der Waals surface area contributed by atoms with E-state index < -0.39 is 0 Å². The molecule has 0 aliphatic carbocycles. The van der Waals surface area contributed by atoms with Crippen LogP contribution < -0.4 is 5.73 Å². The van der Waals surface area contributed by atoms with E-state index in [4.69, 9.17) is 11.0 Å². The first kappa shape index (κ1) is 8.57. The molecule has 2 N–H and O–H groups in total. The Morgan fingerprint density at radius 2 is 2.08 bits per heavy atom. The van der Waals surface area contributed by atoms with Gasteiger partial charge in [0.15, 0.2) is 0 Å². The average Bonchev–Trinajstić information content (AvgIpc) is 2.40. The number of thiophene rings is 1. The zero-order valence-electron chi connectivity index (χ0n) is 6.50. The largest absolute Gasteiger partial charge is 0.389 e. The van der Waals surface area contributed by atoms with E-state index in [0.717, 1.165) is 10.4 Å². The minimum atomic E-state index is 0.505. The Labute approximate surface area is 75.2 Å². The molecule has 3 heteroatoms. The van der Waals surface area contributed by atoms with Crippen LogP contribution in [-0.2, 0) is 0 Å². The molecule has 0 saturated heterocycles. The summed E-state index contributed by atoms with van der Waals surface area (Å²) in [4.78, 5) is 0.902. The summed E-state index contributed by atoms with van der Waals surface area (Å²) in [6.07, 6.45) is 3.31. The van der Waals surface area contributed by atoms with Gasteiger partial charge in [-0.05, 0) is 0 Å². The number of nitrogens with zero attached hydrogens (tertiary/aromatic N) is 1. The van der Waals surface area contributed by atoms with Crippen LogP contribution in [0.5, 0.6) is 0 Å². The fourth-order valence-electron chi connectivity index (χ4n) is 0.950. The molecule has 1 aromatic heterocycles. The maximum Gasteiger partial charge on any atom is 0.105 e. The SMILES string of the molecule is C=Cc1sc(N)c(C#N)c1C=C. The Morgan fingerprint density at radius 1 is 1.42 bits per heavy atom. The molecule has 1 rings (SSSR count). The number of nitrogens with two attached hydrogens (primary N) is 1. The molecule has 0 atom stereocenters. The topological polar surface area (TPSA) is 49.8 Å². The molecule has 0 aliphatic heterocycles. The van der Waals surface area contributed by atoms with Crippen molar-refractivity contribution in [3.05, 3.63) is 29.2 Å². The van der Waals surface area contributed by atoms with E-state index in [1.165, 1.54) is 11.3 Å². The first-order chi connectivity index (χ1) is 5.74. The second-order valence-corrected chi connectivity index (χ2v) is 3.22.